The van der Waals surface area contributed by atoms with Crippen LogP contribution in [0.25, 0.3) is 0 Å². The molecule has 0 amide bonds. The molecule has 1 unspecified atom stereocenters. The second-order valence-corrected chi connectivity index (χ2v) is 14.6. The number of rotatable bonds is 6. The Labute approximate surface area is 235 Å². The summed E-state index contributed by atoms with van der Waals surface area (Å²) < 4.78 is 0. The number of nitrogens with one attached hydrogen (secondary N) is 1. The van der Waals surface area contributed by atoms with E-state index >= 15 is 0 Å². The van der Waals surface area contributed by atoms with Gasteiger partial charge in [-0.05, 0) is 91.6 Å². The Morgan fingerprint density at radius 1 is 1.00 bits per heavy atom. The molecule has 4 nitrogen and oxygen atoms in total. The number of aliphatic hydroxyl groups excluding tert-OH is 1. The van der Waals surface area contributed by atoms with Gasteiger partial charge in [0.05, 0.1) is 22.3 Å². The van der Waals surface area contributed by atoms with Crippen LogP contribution in [-0.2, 0) is 0 Å². The minimum Gasteiger partial charge on any atom is -0.393 e. The van der Waals surface area contributed by atoms with Crippen LogP contribution in [0.1, 0.15) is 86.5 Å². The Balaban J connectivity index is 1.48. The largest absolute Gasteiger partial charge is 0.393 e. The van der Waals surface area contributed by atoms with Crippen molar-refractivity contribution in [2.75, 3.05) is 5.32 Å². The maximum atomic E-state index is 12.7. The molecule has 5 rings (SSSR count). The van der Waals surface area contributed by atoms with Gasteiger partial charge in [-0.15, -0.1) is 0 Å². The molecule has 4 aliphatic rings. The molecule has 4 aliphatic carbocycles. The van der Waals surface area contributed by atoms with E-state index in [2.05, 4.69) is 76.1 Å². The summed E-state index contributed by atoms with van der Waals surface area (Å²) in [5, 5.41) is 27.9. The standard InChI is InChI=1S/C33H49ClN2O2/c1-21(2)22(3)7-8-23(4)26-10-11-27-30(26,5)15-14-28-31(6)16-13-25(37)19-32(31,17-18-33(27,28)38)36-29-12-9-24(34)20-35-29/h7-9,12,17-18,20-23,25-28,37-38H,10-11,13-16,19H2,1-6H3,(H,35,36)/b8-7+/t22-,23+,25-,26+,27+,28?,30+,31+,32+,33-/m0/s1. The van der Waals surface area contributed by atoms with Crippen LogP contribution >= 0.6 is 11.6 Å². The fraction of sp³-hybridized carbons (Fsp3) is 0.727. The lowest BCUT2D eigenvalue weighted by Gasteiger charge is -2.66. The third-order valence-corrected chi connectivity index (χ3v) is 12.2. The van der Waals surface area contributed by atoms with Crippen molar-refractivity contribution >= 4 is 17.4 Å². The third-order valence-electron chi connectivity index (χ3n) is 12.0. The fourth-order valence-electron chi connectivity index (χ4n) is 9.27. The summed E-state index contributed by atoms with van der Waals surface area (Å²) in [6.45, 7) is 14.1. The van der Waals surface area contributed by atoms with Gasteiger partial charge < -0.3 is 15.5 Å². The maximum absolute atomic E-state index is 12.7. The van der Waals surface area contributed by atoms with Crippen molar-refractivity contribution in [3.05, 3.63) is 47.7 Å². The van der Waals surface area contributed by atoms with Crippen LogP contribution in [0.15, 0.2) is 42.6 Å². The van der Waals surface area contributed by atoms with E-state index in [-0.39, 0.29) is 28.8 Å². The highest BCUT2D eigenvalue weighted by molar-refractivity contribution is 6.30. The molecule has 210 valence electrons. The van der Waals surface area contributed by atoms with Crippen LogP contribution in [0.2, 0.25) is 5.02 Å². The van der Waals surface area contributed by atoms with E-state index < -0.39 is 11.1 Å². The smallest absolute Gasteiger partial charge is 0.126 e. The lowest BCUT2D eigenvalue weighted by Crippen LogP contribution is -2.69. The first kappa shape index (κ1) is 28.2. The van der Waals surface area contributed by atoms with Gasteiger partial charge in [-0.1, -0.05) is 77.4 Å². The van der Waals surface area contributed by atoms with Crippen LogP contribution in [0.3, 0.4) is 0 Å². The summed E-state index contributed by atoms with van der Waals surface area (Å²) in [7, 11) is 0. The second-order valence-electron chi connectivity index (χ2n) is 14.2. The summed E-state index contributed by atoms with van der Waals surface area (Å²) in [5.41, 5.74) is -1.37. The zero-order chi connectivity index (χ0) is 27.5. The molecule has 0 saturated heterocycles. The molecule has 3 N–H and O–H groups in total. The average Bonchev–Trinajstić information content (AvgIpc) is 3.23. The van der Waals surface area contributed by atoms with E-state index in [1.807, 2.05) is 12.1 Å². The van der Waals surface area contributed by atoms with Gasteiger partial charge in [0.2, 0.25) is 0 Å². The number of halogens is 1. The van der Waals surface area contributed by atoms with Gasteiger partial charge in [-0.2, -0.15) is 0 Å². The number of hydrogen-bond acceptors (Lipinski definition) is 4. The monoisotopic (exact) mass is 540 g/mol. The van der Waals surface area contributed by atoms with Crippen LogP contribution in [0, 0.1) is 46.3 Å². The van der Waals surface area contributed by atoms with Crippen molar-refractivity contribution in [3.8, 4) is 0 Å². The van der Waals surface area contributed by atoms with E-state index in [1.165, 1.54) is 6.42 Å². The normalized spacial score (nSPS) is 43.9. The number of pyridine rings is 1. The van der Waals surface area contributed by atoms with Crippen LogP contribution < -0.4 is 5.32 Å². The van der Waals surface area contributed by atoms with E-state index in [9.17, 15) is 10.2 Å². The molecule has 1 heterocycles. The highest BCUT2D eigenvalue weighted by Crippen LogP contribution is 2.69. The lowest BCUT2D eigenvalue weighted by atomic mass is 9.42. The zero-order valence-corrected chi connectivity index (χ0v) is 25.0. The molecule has 10 atom stereocenters. The minimum absolute atomic E-state index is 0.121. The van der Waals surface area contributed by atoms with Crippen molar-refractivity contribution in [1.82, 2.24) is 4.98 Å². The van der Waals surface area contributed by atoms with Crippen LogP contribution in [-0.4, -0.2) is 32.4 Å². The van der Waals surface area contributed by atoms with Crippen molar-refractivity contribution in [2.24, 2.45) is 46.3 Å². The van der Waals surface area contributed by atoms with Gasteiger partial charge in [0.15, 0.2) is 0 Å². The van der Waals surface area contributed by atoms with Crippen molar-refractivity contribution in [2.45, 2.75) is 104 Å². The van der Waals surface area contributed by atoms with E-state index in [1.54, 1.807) is 6.20 Å². The SMILES string of the molecule is CC(C)[C@@H](C)/C=C/[C@@H](C)[C@H]1CC[C@@H]2[C@]1(C)CCC1[C@]2(O)C=C[C@@]2(Nc3ccc(Cl)cn3)C[C@@H](O)CC[C@]12C. The Hall–Kier alpha value is -1.36. The molecule has 0 radical (unpaired) electrons. The van der Waals surface area contributed by atoms with Gasteiger partial charge >= 0.3 is 0 Å². The Morgan fingerprint density at radius 2 is 1.76 bits per heavy atom. The number of hydrogen-bond donors (Lipinski definition) is 3. The van der Waals surface area contributed by atoms with E-state index in [0.29, 0.717) is 35.1 Å². The maximum Gasteiger partial charge on any atom is 0.126 e. The molecular formula is C33H49ClN2O2. The molecule has 1 aromatic heterocycles. The predicted octanol–water partition coefficient (Wildman–Crippen LogP) is 7.66. The van der Waals surface area contributed by atoms with Crippen LogP contribution in [0.4, 0.5) is 5.82 Å². The predicted molar refractivity (Wildman–Crippen MR) is 157 cm³/mol. The highest BCUT2D eigenvalue weighted by Gasteiger charge is 2.68. The number of fused-ring (bicyclic) bond motifs is 5. The molecule has 38 heavy (non-hydrogen) atoms. The van der Waals surface area contributed by atoms with Gasteiger partial charge in [-0.25, -0.2) is 4.98 Å². The van der Waals surface area contributed by atoms with Crippen LogP contribution in [0.5, 0.6) is 0 Å². The summed E-state index contributed by atoms with van der Waals surface area (Å²) in [4.78, 5) is 4.54. The van der Waals surface area contributed by atoms with Crippen molar-refractivity contribution < 1.29 is 10.2 Å². The quantitative estimate of drug-likeness (QED) is 0.324. The van der Waals surface area contributed by atoms with Crippen molar-refractivity contribution in [3.63, 3.8) is 0 Å². The topological polar surface area (TPSA) is 65.4 Å². The zero-order valence-electron chi connectivity index (χ0n) is 24.3. The molecule has 3 saturated carbocycles. The van der Waals surface area contributed by atoms with Gasteiger partial charge in [-0.3, -0.25) is 0 Å². The Morgan fingerprint density at radius 3 is 2.45 bits per heavy atom. The van der Waals surface area contributed by atoms with Gasteiger partial charge in [0.1, 0.15) is 5.82 Å². The average molecular weight is 541 g/mol. The first-order chi connectivity index (χ1) is 17.8. The number of allylic oxidation sites excluding steroid dienone is 2. The van der Waals surface area contributed by atoms with Gasteiger partial charge in [0.25, 0.3) is 0 Å². The first-order valence-corrected chi connectivity index (χ1v) is 15.4. The molecule has 1 aromatic rings. The first-order valence-electron chi connectivity index (χ1n) is 15.0. The van der Waals surface area contributed by atoms with E-state index in [4.69, 9.17) is 11.6 Å². The number of anilines is 1. The fourth-order valence-corrected chi connectivity index (χ4v) is 9.39. The Kier molecular flexibility index (Phi) is 7.36. The molecule has 0 aliphatic heterocycles. The molecule has 5 heteroatoms. The van der Waals surface area contributed by atoms with Gasteiger partial charge in [0, 0.05) is 18.0 Å². The minimum atomic E-state index is -0.827. The second kappa shape index (κ2) is 9.93. The molecule has 0 aromatic carbocycles. The number of nitrogens with zero attached hydrogens (tertiary/aromatic N) is 1. The number of aromatic nitrogens is 1. The third kappa shape index (κ3) is 4.38. The highest BCUT2D eigenvalue weighted by atomic mass is 35.5. The molecule has 0 bridgehead atoms. The summed E-state index contributed by atoms with van der Waals surface area (Å²) in [5.74, 6) is 3.49. The van der Waals surface area contributed by atoms with E-state index in [0.717, 1.165) is 37.9 Å². The lowest BCUT2D eigenvalue weighted by molar-refractivity contribution is -0.177. The Bertz CT molecular complexity index is 1070. The molecule has 3 fully saturated rings. The molecule has 0 spiro atoms. The summed E-state index contributed by atoms with van der Waals surface area (Å²) >= 11 is 6.12. The van der Waals surface area contributed by atoms with Crippen molar-refractivity contribution in [1.29, 1.82) is 0 Å². The molecular weight excluding hydrogens is 492 g/mol. The number of aliphatic hydroxyl groups is 2. The summed E-state index contributed by atoms with van der Waals surface area (Å²) in [6.07, 6.45) is 17.2. The summed E-state index contributed by atoms with van der Waals surface area (Å²) in [6, 6.07) is 3.77.